The van der Waals surface area contributed by atoms with E-state index in [4.69, 9.17) is 10.5 Å². The molecule has 0 radical (unpaired) electrons. The van der Waals surface area contributed by atoms with E-state index >= 15 is 0 Å². The maximum Gasteiger partial charge on any atom is 0.311 e. The Morgan fingerprint density at radius 1 is 1.44 bits per heavy atom. The van der Waals surface area contributed by atoms with Gasteiger partial charge in [0.15, 0.2) is 5.75 Å². The summed E-state index contributed by atoms with van der Waals surface area (Å²) in [6, 6.07) is 5.12. The van der Waals surface area contributed by atoms with Crippen molar-refractivity contribution in [3.63, 3.8) is 0 Å². The quantitative estimate of drug-likeness (QED) is 0.660. The van der Waals surface area contributed by atoms with Crippen molar-refractivity contribution in [2.75, 3.05) is 0 Å². The number of aryl methyl sites for hydroxylation is 1. The molecule has 0 amide bonds. The van der Waals surface area contributed by atoms with Gasteiger partial charge in [0, 0.05) is 12.1 Å². The van der Waals surface area contributed by atoms with Gasteiger partial charge < -0.3 is 10.5 Å². The number of para-hydroxylation sites is 1. The first-order valence-electron chi connectivity index (χ1n) is 6.24. The van der Waals surface area contributed by atoms with Crippen LogP contribution in [0.4, 0.5) is 5.69 Å². The average molecular weight is 250 g/mol. The molecule has 1 fully saturated rings. The molecule has 1 aromatic rings. The maximum atomic E-state index is 11.0. The lowest BCUT2D eigenvalue weighted by molar-refractivity contribution is -0.386. The normalized spacial score (nSPS) is 23.7. The fourth-order valence-electron chi connectivity index (χ4n) is 2.39. The zero-order valence-corrected chi connectivity index (χ0v) is 10.5. The molecule has 0 spiro atoms. The van der Waals surface area contributed by atoms with Gasteiger partial charge in [-0.3, -0.25) is 10.1 Å². The highest BCUT2D eigenvalue weighted by Crippen LogP contribution is 2.33. The summed E-state index contributed by atoms with van der Waals surface area (Å²) >= 11 is 0. The lowest BCUT2D eigenvalue weighted by atomic mass is 9.93. The van der Waals surface area contributed by atoms with Gasteiger partial charge in [0.2, 0.25) is 0 Å². The van der Waals surface area contributed by atoms with Crippen LogP contribution < -0.4 is 10.5 Å². The number of hydrogen-bond donors (Lipinski definition) is 1. The molecule has 18 heavy (non-hydrogen) atoms. The van der Waals surface area contributed by atoms with Crippen LogP contribution in [0.3, 0.4) is 0 Å². The highest BCUT2D eigenvalue weighted by atomic mass is 16.6. The second-order valence-corrected chi connectivity index (χ2v) is 4.85. The Kier molecular flexibility index (Phi) is 3.81. The zero-order chi connectivity index (χ0) is 13.1. The predicted octanol–water partition coefficient (Wildman–Crippen LogP) is 2.55. The van der Waals surface area contributed by atoms with Crippen molar-refractivity contribution >= 4 is 5.69 Å². The van der Waals surface area contributed by atoms with Crippen LogP contribution in [0, 0.1) is 17.0 Å². The topological polar surface area (TPSA) is 78.4 Å². The molecular weight excluding hydrogens is 232 g/mol. The van der Waals surface area contributed by atoms with Gasteiger partial charge in [-0.05, 0) is 38.2 Å². The van der Waals surface area contributed by atoms with Crippen LogP contribution in [0.1, 0.15) is 31.2 Å². The van der Waals surface area contributed by atoms with Crippen LogP contribution in [0.25, 0.3) is 0 Å². The predicted molar refractivity (Wildman–Crippen MR) is 68.7 cm³/mol. The van der Waals surface area contributed by atoms with E-state index < -0.39 is 4.92 Å². The summed E-state index contributed by atoms with van der Waals surface area (Å²) in [6.07, 6.45) is 3.71. The van der Waals surface area contributed by atoms with E-state index in [9.17, 15) is 10.1 Å². The molecule has 5 nitrogen and oxygen atoms in total. The summed E-state index contributed by atoms with van der Waals surface area (Å²) < 4.78 is 5.83. The Hall–Kier alpha value is -1.62. The molecule has 1 aliphatic carbocycles. The molecule has 1 saturated carbocycles. The average Bonchev–Trinajstić information content (AvgIpc) is 2.31. The maximum absolute atomic E-state index is 11.0. The van der Waals surface area contributed by atoms with Crippen LogP contribution in [0.5, 0.6) is 5.75 Å². The molecule has 1 aromatic carbocycles. The van der Waals surface area contributed by atoms with E-state index in [1.165, 1.54) is 6.07 Å². The highest BCUT2D eigenvalue weighted by Gasteiger charge is 2.25. The summed E-state index contributed by atoms with van der Waals surface area (Å²) in [6.45, 7) is 1.82. The van der Waals surface area contributed by atoms with Gasteiger partial charge in [0.1, 0.15) is 6.10 Å². The Bertz CT molecular complexity index is 448. The van der Waals surface area contributed by atoms with Gasteiger partial charge in [0.25, 0.3) is 0 Å². The summed E-state index contributed by atoms with van der Waals surface area (Å²) in [7, 11) is 0. The van der Waals surface area contributed by atoms with Crippen LogP contribution in [0.15, 0.2) is 18.2 Å². The van der Waals surface area contributed by atoms with E-state index in [0.717, 1.165) is 31.2 Å². The van der Waals surface area contributed by atoms with Gasteiger partial charge in [-0.25, -0.2) is 0 Å². The molecule has 0 bridgehead atoms. The van der Waals surface area contributed by atoms with E-state index in [1.54, 1.807) is 6.07 Å². The minimum absolute atomic E-state index is 0.00597. The monoisotopic (exact) mass is 250 g/mol. The standard InChI is InChI=1S/C13H18N2O3/c1-9-4-2-7-12(15(16)17)13(9)18-11-6-3-5-10(14)8-11/h2,4,7,10-11H,3,5-6,8,14H2,1H3. The SMILES string of the molecule is Cc1cccc([N+](=O)[O-])c1OC1CCCC(N)C1. The number of hydrogen-bond acceptors (Lipinski definition) is 4. The second kappa shape index (κ2) is 5.35. The molecule has 98 valence electrons. The number of nitro groups is 1. The van der Waals surface area contributed by atoms with Crippen molar-refractivity contribution < 1.29 is 9.66 Å². The Labute approximate surface area is 106 Å². The molecule has 2 N–H and O–H groups in total. The Morgan fingerprint density at radius 2 is 2.22 bits per heavy atom. The molecule has 0 saturated heterocycles. The molecule has 0 heterocycles. The first kappa shape index (κ1) is 12.8. The number of nitrogens with two attached hydrogens (primary N) is 1. The van der Waals surface area contributed by atoms with Gasteiger partial charge in [-0.1, -0.05) is 12.1 Å². The van der Waals surface area contributed by atoms with Gasteiger partial charge in [-0.2, -0.15) is 0 Å². The number of nitrogens with zero attached hydrogens (tertiary/aromatic N) is 1. The minimum Gasteiger partial charge on any atom is -0.483 e. The van der Waals surface area contributed by atoms with Crippen molar-refractivity contribution in [2.24, 2.45) is 5.73 Å². The van der Waals surface area contributed by atoms with Crippen molar-refractivity contribution in [1.82, 2.24) is 0 Å². The van der Waals surface area contributed by atoms with Crippen molar-refractivity contribution in [2.45, 2.75) is 44.8 Å². The summed E-state index contributed by atoms with van der Waals surface area (Å²) in [4.78, 5) is 10.6. The van der Waals surface area contributed by atoms with Gasteiger partial charge >= 0.3 is 5.69 Å². The van der Waals surface area contributed by atoms with Crippen LogP contribution in [-0.4, -0.2) is 17.1 Å². The number of rotatable bonds is 3. The number of ether oxygens (including phenoxy) is 1. The fourth-order valence-corrected chi connectivity index (χ4v) is 2.39. The molecule has 1 aliphatic rings. The Balaban J connectivity index is 2.20. The zero-order valence-electron chi connectivity index (χ0n) is 10.5. The molecule has 5 heteroatoms. The molecule has 0 aromatic heterocycles. The third-order valence-corrected chi connectivity index (χ3v) is 3.34. The van der Waals surface area contributed by atoms with E-state index in [1.807, 2.05) is 13.0 Å². The second-order valence-electron chi connectivity index (χ2n) is 4.85. The number of benzene rings is 1. The molecule has 2 unspecified atom stereocenters. The lowest BCUT2D eigenvalue weighted by Crippen LogP contribution is -2.33. The van der Waals surface area contributed by atoms with Crippen molar-refractivity contribution in [3.05, 3.63) is 33.9 Å². The fraction of sp³-hybridized carbons (Fsp3) is 0.538. The smallest absolute Gasteiger partial charge is 0.311 e. The molecular formula is C13H18N2O3. The lowest BCUT2D eigenvalue weighted by Gasteiger charge is -2.27. The molecule has 2 atom stereocenters. The molecule has 2 rings (SSSR count). The largest absolute Gasteiger partial charge is 0.483 e. The summed E-state index contributed by atoms with van der Waals surface area (Å²) in [5, 5.41) is 11.0. The van der Waals surface area contributed by atoms with E-state index in [-0.39, 0.29) is 17.8 Å². The minimum atomic E-state index is -0.398. The third-order valence-electron chi connectivity index (χ3n) is 3.34. The van der Waals surface area contributed by atoms with Crippen LogP contribution in [-0.2, 0) is 0 Å². The van der Waals surface area contributed by atoms with Crippen LogP contribution >= 0.6 is 0 Å². The highest BCUT2D eigenvalue weighted by molar-refractivity contribution is 5.51. The summed E-state index contributed by atoms with van der Waals surface area (Å²) in [5.41, 5.74) is 6.73. The number of nitro benzene ring substituents is 1. The van der Waals surface area contributed by atoms with E-state index in [0.29, 0.717) is 5.75 Å². The van der Waals surface area contributed by atoms with E-state index in [2.05, 4.69) is 0 Å². The van der Waals surface area contributed by atoms with Gasteiger partial charge in [0.05, 0.1) is 4.92 Å². The first-order valence-corrected chi connectivity index (χ1v) is 6.24. The Morgan fingerprint density at radius 3 is 2.89 bits per heavy atom. The third kappa shape index (κ3) is 2.79. The summed E-state index contributed by atoms with van der Waals surface area (Å²) in [5.74, 6) is 0.390. The van der Waals surface area contributed by atoms with Crippen molar-refractivity contribution in [3.8, 4) is 5.75 Å². The first-order chi connectivity index (χ1) is 8.58. The van der Waals surface area contributed by atoms with Crippen molar-refractivity contribution in [1.29, 1.82) is 0 Å². The van der Waals surface area contributed by atoms with Crippen LogP contribution in [0.2, 0.25) is 0 Å². The van der Waals surface area contributed by atoms with Gasteiger partial charge in [-0.15, -0.1) is 0 Å². The molecule has 0 aliphatic heterocycles.